The Morgan fingerprint density at radius 1 is 1.57 bits per heavy atom. The third-order valence-corrected chi connectivity index (χ3v) is 1.52. The molecule has 0 aliphatic rings. The van der Waals surface area contributed by atoms with Gasteiger partial charge in [0.15, 0.2) is 5.69 Å². The van der Waals surface area contributed by atoms with E-state index in [1.165, 1.54) is 13.2 Å². The van der Waals surface area contributed by atoms with Crippen LogP contribution in [0.4, 0.5) is 13.2 Å². The lowest BCUT2D eigenvalue weighted by Crippen LogP contribution is -2.01. The number of aromatic nitrogens is 1. The summed E-state index contributed by atoms with van der Waals surface area (Å²) in [5.74, 6) is -1.40. The van der Waals surface area contributed by atoms with Crippen LogP contribution in [-0.2, 0) is 0 Å². The summed E-state index contributed by atoms with van der Waals surface area (Å²) < 4.78 is 42.0. The molecular formula is C8H5F3N2O. The topological polar surface area (TPSA) is 45.9 Å². The first-order valence-electron chi connectivity index (χ1n) is 3.52. The molecule has 74 valence electrons. The van der Waals surface area contributed by atoms with E-state index in [9.17, 15) is 13.2 Å². The number of alkyl halides is 2. The van der Waals surface area contributed by atoms with E-state index in [1.807, 2.05) is 0 Å². The predicted octanol–water partition coefficient (Wildman–Crippen LogP) is 2.04. The zero-order valence-electron chi connectivity index (χ0n) is 7.09. The smallest absolute Gasteiger partial charge is 0.269 e. The number of nitriles is 1. The van der Waals surface area contributed by atoms with Gasteiger partial charge in [0, 0.05) is 6.07 Å². The van der Waals surface area contributed by atoms with Gasteiger partial charge in [-0.2, -0.15) is 5.26 Å². The molecule has 0 fully saturated rings. The van der Waals surface area contributed by atoms with Crippen LogP contribution in [-0.4, -0.2) is 12.1 Å². The highest BCUT2D eigenvalue weighted by Gasteiger charge is 2.21. The van der Waals surface area contributed by atoms with E-state index >= 15 is 0 Å². The van der Waals surface area contributed by atoms with Gasteiger partial charge >= 0.3 is 0 Å². The van der Waals surface area contributed by atoms with Gasteiger partial charge < -0.3 is 4.74 Å². The fourth-order valence-electron chi connectivity index (χ4n) is 0.899. The molecule has 3 nitrogen and oxygen atoms in total. The van der Waals surface area contributed by atoms with Crippen molar-refractivity contribution in [2.24, 2.45) is 0 Å². The second kappa shape index (κ2) is 3.96. The molecule has 0 spiro atoms. The van der Waals surface area contributed by atoms with Crippen LogP contribution >= 0.6 is 0 Å². The van der Waals surface area contributed by atoms with Crippen LogP contribution in [0.5, 0.6) is 5.88 Å². The number of halogens is 3. The van der Waals surface area contributed by atoms with Gasteiger partial charge in [-0.15, -0.1) is 0 Å². The number of ether oxygens (including phenoxy) is 1. The van der Waals surface area contributed by atoms with Gasteiger partial charge in [-0.3, -0.25) is 0 Å². The molecule has 0 saturated heterocycles. The van der Waals surface area contributed by atoms with E-state index in [2.05, 4.69) is 9.72 Å². The lowest BCUT2D eigenvalue weighted by atomic mass is 10.2. The first-order chi connectivity index (χ1) is 6.60. The van der Waals surface area contributed by atoms with Crippen LogP contribution in [0.1, 0.15) is 17.7 Å². The second-order valence-corrected chi connectivity index (χ2v) is 2.32. The summed E-state index contributed by atoms with van der Waals surface area (Å²) in [6.45, 7) is 0. The van der Waals surface area contributed by atoms with Gasteiger partial charge in [0.25, 0.3) is 6.43 Å². The highest BCUT2D eigenvalue weighted by atomic mass is 19.3. The molecule has 0 bridgehead atoms. The average Bonchev–Trinajstić information content (AvgIpc) is 2.15. The van der Waals surface area contributed by atoms with E-state index in [0.29, 0.717) is 6.07 Å². The van der Waals surface area contributed by atoms with Crippen molar-refractivity contribution < 1.29 is 17.9 Å². The summed E-state index contributed by atoms with van der Waals surface area (Å²) in [5, 5.41) is 8.44. The lowest BCUT2D eigenvalue weighted by molar-refractivity contribution is 0.145. The molecule has 0 amide bonds. The molecule has 0 unspecified atom stereocenters. The first-order valence-corrected chi connectivity index (χ1v) is 3.52. The largest absolute Gasteiger partial charge is 0.481 e. The standard InChI is InChI=1S/C8H5F3N2O/c1-14-6-2-4(9)7(8(10)11)5(3-12)13-6/h2,8H,1H3. The normalized spacial score (nSPS) is 10.0. The van der Waals surface area contributed by atoms with Crippen LogP contribution in [0, 0.1) is 17.1 Å². The van der Waals surface area contributed by atoms with Gasteiger partial charge in [-0.05, 0) is 0 Å². The quantitative estimate of drug-likeness (QED) is 0.737. The van der Waals surface area contributed by atoms with Crippen molar-refractivity contribution in [3.05, 3.63) is 23.1 Å². The molecule has 0 aliphatic carbocycles. The van der Waals surface area contributed by atoms with E-state index in [-0.39, 0.29) is 5.88 Å². The van der Waals surface area contributed by atoms with Crippen molar-refractivity contribution in [2.75, 3.05) is 7.11 Å². The molecule has 0 radical (unpaired) electrons. The van der Waals surface area contributed by atoms with Crippen LogP contribution < -0.4 is 4.74 Å². The predicted molar refractivity (Wildman–Crippen MR) is 40.4 cm³/mol. The highest BCUT2D eigenvalue weighted by Crippen LogP contribution is 2.26. The maximum absolute atomic E-state index is 13.0. The number of pyridine rings is 1. The summed E-state index contributed by atoms with van der Waals surface area (Å²) in [4.78, 5) is 3.39. The summed E-state index contributed by atoms with van der Waals surface area (Å²) in [7, 11) is 1.20. The fraction of sp³-hybridized carbons (Fsp3) is 0.250. The minimum Gasteiger partial charge on any atom is -0.481 e. The van der Waals surface area contributed by atoms with Gasteiger partial charge in [-0.1, -0.05) is 0 Å². The third kappa shape index (κ3) is 1.76. The molecule has 1 aromatic rings. The third-order valence-electron chi connectivity index (χ3n) is 1.52. The molecule has 1 rings (SSSR count). The number of nitrogens with zero attached hydrogens (tertiary/aromatic N) is 2. The Morgan fingerprint density at radius 3 is 2.64 bits per heavy atom. The zero-order valence-corrected chi connectivity index (χ0v) is 7.09. The second-order valence-electron chi connectivity index (χ2n) is 2.32. The molecule has 0 N–H and O–H groups in total. The lowest BCUT2D eigenvalue weighted by Gasteiger charge is -2.05. The molecule has 1 aromatic heterocycles. The summed E-state index contributed by atoms with van der Waals surface area (Å²) in [6.07, 6.45) is -3.07. The van der Waals surface area contributed by atoms with Gasteiger partial charge in [0.1, 0.15) is 11.9 Å². The van der Waals surface area contributed by atoms with E-state index < -0.39 is 23.5 Å². The molecule has 0 aliphatic heterocycles. The highest BCUT2D eigenvalue weighted by molar-refractivity contribution is 5.36. The molecular weight excluding hydrogens is 197 g/mol. The van der Waals surface area contributed by atoms with Gasteiger partial charge in [-0.25, -0.2) is 18.2 Å². The molecule has 0 saturated carbocycles. The van der Waals surface area contributed by atoms with Crippen molar-refractivity contribution >= 4 is 0 Å². The monoisotopic (exact) mass is 202 g/mol. The van der Waals surface area contributed by atoms with Gasteiger partial charge in [0.2, 0.25) is 5.88 Å². The zero-order chi connectivity index (χ0) is 10.7. The summed E-state index contributed by atoms with van der Waals surface area (Å²) in [5.41, 5.74) is -1.65. The Kier molecular flexibility index (Phi) is 2.92. The number of rotatable bonds is 2. The van der Waals surface area contributed by atoms with Crippen LogP contribution in [0.15, 0.2) is 6.07 Å². The Balaban J connectivity index is 3.37. The molecule has 6 heteroatoms. The number of methoxy groups -OCH3 is 1. The Bertz CT molecular complexity index is 387. The van der Waals surface area contributed by atoms with Crippen molar-refractivity contribution in [1.82, 2.24) is 4.98 Å². The van der Waals surface area contributed by atoms with Crippen molar-refractivity contribution in [1.29, 1.82) is 5.26 Å². The molecule has 1 heterocycles. The van der Waals surface area contributed by atoms with Crippen molar-refractivity contribution in [3.63, 3.8) is 0 Å². The van der Waals surface area contributed by atoms with Crippen LogP contribution in [0.25, 0.3) is 0 Å². The van der Waals surface area contributed by atoms with E-state index in [4.69, 9.17) is 5.26 Å². The Morgan fingerprint density at radius 2 is 2.21 bits per heavy atom. The Labute approximate surface area is 77.7 Å². The fourth-order valence-corrected chi connectivity index (χ4v) is 0.899. The first kappa shape index (κ1) is 10.3. The SMILES string of the molecule is COc1cc(F)c(C(F)F)c(C#N)n1. The molecule has 0 aromatic carbocycles. The van der Waals surface area contributed by atoms with E-state index in [0.717, 1.165) is 0 Å². The van der Waals surface area contributed by atoms with E-state index in [1.54, 1.807) is 0 Å². The van der Waals surface area contributed by atoms with Crippen LogP contribution in [0.2, 0.25) is 0 Å². The van der Waals surface area contributed by atoms with Crippen molar-refractivity contribution in [2.45, 2.75) is 6.43 Å². The Hall–Kier alpha value is -1.77. The number of hydrogen-bond donors (Lipinski definition) is 0. The summed E-state index contributed by atoms with van der Waals surface area (Å²) in [6, 6.07) is 2.09. The number of hydrogen-bond acceptors (Lipinski definition) is 3. The summed E-state index contributed by atoms with van der Waals surface area (Å²) >= 11 is 0. The molecule has 0 atom stereocenters. The maximum Gasteiger partial charge on any atom is 0.269 e. The maximum atomic E-state index is 13.0. The molecule has 14 heavy (non-hydrogen) atoms. The van der Waals surface area contributed by atoms with Crippen LogP contribution in [0.3, 0.4) is 0 Å². The van der Waals surface area contributed by atoms with Crippen molar-refractivity contribution in [3.8, 4) is 11.9 Å². The van der Waals surface area contributed by atoms with Gasteiger partial charge in [0.05, 0.1) is 12.7 Å². The average molecular weight is 202 g/mol. The minimum atomic E-state index is -3.07. The minimum absolute atomic E-state index is 0.205.